The number of amides is 2. The third-order valence-electron chi connectivity index (χ3n) is 4.01. The summed E-state index contributed by atoms with van der Waals surface area (Å²) in [5, 5.41) is 14.9. The zero-order valence-corrected chi connectivity index (χ0v) is 14.5. The molecule has 23 heavy (non-hydrogen) atoms. The Kier molecular flexibility index (Phi) is 7.49. The maximum atomic E-state index is 13.0. The molecule has 2 amide bonds. The number of nitrogens with one attached hydrogen (secondary N) is 2. The highest BCUT2D eigenvalue weighted by Crippen LogP contribution is 2.18. The molecule has 5 heteroatoms. The summed E-state index contributed by atoms with van der Waals surface area (Å²) in [6.07, 6.45) is 1.29. The van der Waals surface area contributed by atoms with Crippen LogP contribution < -0.4 is 10.6 Å². The molecule has 130 valence electrons. The molecule has 0 spiro atoms. The first kappa shape index (κ1) is 19.4. The van der Waals surface area contributed by atoms with Gasteiger partial charge in [0.15, 0.2) is 0 Å². The zero-order chi connectivity index (χ0) is 17.5. The van der Waals surface area contributed by atoms with Crippen molar-refractivity contribution in [2.24, 2.45) is 11.3 Å². The van der Waals surface area contributed by atoms with Gasteiger partial charge in [-0.2, -0.15) is 0 Å². The highest BCUT2D eigenvalue weighted by atomic mass is 19.1. The van der Waals surface area contributed by atoms with Crippen LogP contribution in [0.25, 0.3) is 0 Å². The molecule has 0 bridgehead atoms. The number of carbonyl (C=O) groups excluding carboxylic acids is 1. The van der Waals surface area contributed by atoms with E-state index in [1.54, 1.807) is 12.1 Å². The normalized spacial score (nSPS) is 13.0. The molecule has 1 atom stereocenters. The first-order valence-corrected chi connectivity index (χ1v) is 8.13. The molecule has 1 unspecified atom stereocenters. The fourth-order valence-corrected chi connectivity index (χ4v) is 2.26. The van der Waals surface area contributed by atoms with Crippen molar-refractivity contribution in [2.45, 2.75) is 46.6 Å². The number of benzene rings is 1. The smallest absolute Gasteiger partial charge is 0.315 e. The number of hydrogen-bond donors (Lipinski definition) is 3. The van der Waals surface area contributed by atoms with Crippen LogP contribution in [0.4, 0.5) is 9.18 Å². The number of urea groups is 1. The lowest BCUT2D eigenvalue weighted by Gasteiger charge is -2.26. The lowest BCUT2D eigenvalue weighted by Crippen LogP contribution is -2.47. The lowest BCUT2D eigenvalue weighted by molar-refractivity contribution is 0.199. The predicted octanol–water partition coefficient (Wildman–Crippen LogP) is 3.10. The van der Waals surface area contributed by atoms with E-state index in [4.69, 9.17) is 5.11 Å². The summed E-state index contributed by atoms with van der Waals surface area (Å²) >= 11 is 0. The highest BCUT2D eigenvalue weighted by molar-refractivity contribution is 5.74. The molecular weight excluding hydrogens is 295 g/mol. The van der Waals surface area contributed by atoms with Gasteiger partial charge in [0.2, 0.25) is 0 Å². The van der Waals surface area contributed by atoms with E-state index >= 15 is 0 Å². The van der Waals surface area contributed by atoms with Crippen molar-refractivity contribution in [2.75, 3.05) is 13.2 Å². The monoisotopic (exact) mass is 324 g/mol. The Hall–Kier alpha value is -1.62. The molecule has 1 aromatic carbocycles. The average Bonchev–Trinajstić information content (AvgIpc) is 2.46. The van der Waals surface area contributed by atoms with E-state index in [-0.39, 0.29) is 35.8 Å². The second-order valence-electron chi connectivity index (χ2n) is 7.15. The maximum absolute atomic E-state index is 13.0. The highest BCUT2D eigenvalue weighted by Gasteiger charge is 2.20. The number of halogens is 1. The number of aliphatic hydroxyl groups excluding tert-OH is 1. The predicted molar refractivity (Wildman–Crippen MR) is 90.7 cm³/mol. The van der Waals surface area contributed by atoms with E-state index < -0.39 is 0 Å². The molecular formula is C18H29FN2O2. The topological polar surface area (TPSA) is 61.4 Å². The Labute approximate surface area is 138 Å². The molecule has 0 saturated carbocycles. The number of hydrogen-bond acceptors (Lipinski definition) is 2. The lowest BCUT2D eigenvalue weighted by atomic mass is 9.90. The van der Waals surface area contributed by atoms with Crippen LogP contribution in [0.5, 0.6) is 0 Å². The second-order valence-corrected chi connectivity index (χ2v) is 7.15. The van der Waals surface area contributed by atoms with Crippen molar-refractivity contribution in [3.8, 4) is 0 Å². The average molecular weight is 324 g/mol. The summed E-state index contributed by atoms with van der Waals surface area (Å²) in [6, 6.07) is 6.12. The molecule has 0 aliphatic heterocycles. The molecule has 1 aromatic rings. The summed E-state index contributed by atoms with van der Waals surface area (Å²) in [5.41, 5.74) is 0.849. The Morgan fingerprint density at radius 2 is 1.87 bits per heavy atom. The quantitative estimate of drug-likeness (QED) is 0.688. The second kappa shape index (κ2) is 8.87. The van der Waals surface area contributed by atoms with Crippen LogP contribution in [0.3, 0.4) is 0 Å². The summed E-state index contributed by atoms with van der Waals surface area (Å²) in [5.74, 6) is 0.00270. The van der Waals surface area contributed by atoms with Crippen LogP contribution in [0.1, 0.15) is 39.7 Å². The molecule has 0 aliphatic rings. The van der Waals surface area contributed by atoms with Crippen molar-refractivity contribution in [1.29, 1.82) is 0 Å². The van der Waals surface area contributed by atoms with Crippen LogP contribution in [-0.2, 0) is 6.42 Å². The Morgan fingerprint density at radius 3 is 2.39 bits per heavy atom. The van der Waals surface area contributed by atoms with E-state index in [0.29, 0.717) is 19.4 Å². The largest absolute Gasteiger partial charge is 0.396 e. The van der Waals surface area contributed by atoms with Crippen LogP contribution >= 0.6 is 0 Å². The fourth-order valence-electron chi connectivity index (χ4n) is 2.26. The first-order valence-electron chi connectivity index (χ1n) is 8.13. The van der Waals surface area contributed by atoms with E-state index in [1.165, 1.54) is 12.1 Å². The van der Waals surface area contributed by atoms with Gasteiger partial charge in [-0.15, -0.1) is 0 Å². The fraction of sp³-hybridized carbons (Fsp3) is 0.611. The van der Waals surface area contributed by atoms with E-state index in [1.807, 2.05) is 27.7 Å². The van der Waals surface area contributed by atoms with Gasteiger partial charge in [0.1, 0.15) is 5.82 Å². The molecule has 0 saturated heterocycles. The van der Waals surface area contributed by atoms with Crippen LogP contribution in [0, 0.1) is 17.2 Å². The third kappa shape index (κ3) is 7.46. The maximum Gasteiger partial charge on any atom is 0.315 e. The first-order chi connectivity index (χ1) is 10.7. The molecule has 0 aromatic heterocycles. The van der Waals surface area contributed by atoms with Crippen LogP contribution in [0.2, 0.25) is 0 Å². The molecule has 0 aliphatic carbocycles. The zero-order valence-electron chi connectivity index (χ0n) is 14.5. The van der Waals surface area contributed by atoms with Gasteiger partial charge >= 0.3 is 6.03 Å². The molecule has 0 fully saturated rings. The summed E-state index contributed by atoms with van der Waals surface area (Å²) < 4.78 is 13.0. The Bertz CT molecular complexity index is 486. The van der Waals surface area contributed by atoms with Gasteiger partial charge in [0.05, 0.1) is 0 Å². The van der Waals surface area contributed by atoms with E-state index in [2.05, 4.69) is 10.6 Å². The van der Waals surface area contributed by atoms with E-state index in [0.717, 1.165) is 5.56 Å². The minimum absolute atomic E-state index is 0.0265. The summed E-state index contributed by atoms with van der Waals surface area (Å²) in [4.78, 5) is 12.1. The molecule has 4 nitrogen and oxygen atoms in total. The number of carbonyl (C=O) groups is 1. The van der Waals surface area contributed by atoms with Crippen molar-refractivity contribution >= 4 is 6.03 Å². The molecule has 0 heterocycles. The molecule has 3 N–H and O–H groups in total. The van der Waals surface area contributed by atoms with Gasteiger partial charge in [0, 0.05) is 19.2 Å². The SMILES string of the molecule is CC(C)C(Cc1ccc(F)cc1)NC(=O)NCC(C)(C)CCO. The third-order valence-corrected chi connectivity index (χ3v) is 4.01. The minimum atomic E-state index is -0.258. The van der Waals surface area contributed by atoms with Gasteiger partial charge in [-0.1, -0.05) is 39.8 Å². The number of rotatable bonds is 8. The van der Waals surface area contributed by atoms with Crippen molar-refractivity contribution in [3.63, 3.8) is 0 Å². The van der Waals surface area contributed by atoms with Crippen molar-refractivity contribution < 1.29 is 14.3 Å². The molecule has 0 radical (unpaired) electrons. The Balaban J connectivity index is 2.55. The van der Waals surface area contributed by atoms with Crippen molar-refractivity contribution in [3.05, 3.63) is 35.6 Å². The van der Waals surface area contributed by atoms with Gasteiger partial charge < -0.3 is 15.7 Å². The van der Waals surface area contributed by atoms with E-state index in [9.17, 15) is 9.18 Å². The summed E-state index contributed by atoms with van der Waals surface area (Å²) in [7, 11) is 0. The van der Waals surface area contributed by atoms with Gasteiger partial charge in [0.25, 0.3) is 0 Å². The van der Waals surface area contributed by atoms with Crippen molar-refractivity contribution in [1.82, 2.24) is 10.6 Å². The minimum Gasteiger partial charge on any atom is -0.396 e. The van der Waals surface area contributed by atoms with Crippen LogP contribution in [0.15, 0.2) is 24.3 Å². The number of aliphatic hydroxyl groups is 1. The van der Waals surface area contributed by atoms with Gasteiger partial charge in [-0.3, -0.25) is 0 Å². The van der Waals surface area contributed by atoms with Crippen LogP contribution in [-0.4, -0.2) is 30.3 Å². The van der Waals surface area contributed by atoms with Gasteiger partial charge in [-0.05, 0) is 41.9 Å². The standard InChI is InChI=1S/C18H29FN2O2/c1-13(2)16(11-14-5-7-15(19)8-6-14)21-17(23)20-12-18(3,4)9-10-22/h5-8,13,16,22H,9-12H2,1-4H3,(H2,20,21,23). The Morgan fingerprint density at radius 1 is 1.26 bits per heavy atom. The summed E-state index contributed by atoms with van der Waals surface area (Å²) in [6.45, 7) is 8.70. The molecule has 1 rings (SSSR count). The van der Waals surface area contributed by atoms with Gasteiger partial charge in [-0.25, -0.2) is 9.18 Å².